The number of aliphatic hydroxyl groups excluding tert-OH is 1. The van der Waals surface area contributed by atoms with E-state index in [4.69, 9.17) is 5.11 Å². The Bertz CT molecular complexity index is 831. The number of carbonyl (C=O) groups excluding carboxylic acids is 3. The van der Waals surface area contributed by atoms with Gasteiger partial charge in [-0.15, -0.1) is 0 Å². The van der Waals surface area contributed by atoms with Gasteiger partial charge in [-0.05, 0) is 54.4 Å². The molecule has 0 heterocycles. The maximum absolute atomic E-state index is 11.1. The van der Waals surface area contributed by atoms with Crippen LogP contribution < -0.4 is 0 Å². The molecule has 0 aromatic heterocycles. The first kappa shape index (κ1) is 27.0. The third-order valence-corrected chi connectivity index (χ3v) is 4.80. The molecule has 0 aliphatic heterocycles. The molecule has 0 spiro atoms. The number of methoxy groups -OCH3 is 2. The minimum atomic E-state index is -0.231. The molecule has 0 amide bonds. The van der Waals surface area contributed by atoms with Crippen molar-refractivity contribution in [2.45, 2.75) is 51.4 Å². The molecule has 0 fully saturated rings. The highest BCUT2D eigenvalue weighted by Crippen LogP contribution is 2.10. The maximum Gasteiger partial charge on any atom is 0.309 e. The minimum Gasteiger partial charge on any atom is -0.469 e. The van der Waals surface area contributed by atoms with Crippen molar-refractivity contribution in [1.29, 1.82) is 0 Å². The van der Waals surface area contributed by atoms with E-state index in [-0.39, 0.29) is 18.5 Å². The molecule has 6 heteroatoms. The van der Waals surface area contributed by atoms with Crippen LogP contribution in [0.3, 0.4) is 0 Å². The Morgan fingerprint density at radius 2 is 1.25 bits per heavy atom. The number of aliphatic hydroxyl groups is 1. The van der Waals surface area contributed by atoms with Crippen LogP contribution in [0.4, 0.5) is 0 Å². The van der Waals surface area contributed by atoms with Gasteiger partial charge in [0.2, 0.25) is 0 Å². The SMILES string of the molecule is COC(=O)Cc1cccc(CCCC=O)c1.COC(=O)Cc1cccc(CCCCO)c1. The van der Waals surface area contributed by atoms with Crippen LogP contribution in [-0.2, 0) is 49.5 Å². The molecule has 0 unspecified atom stereocenters. The highest BCUT2D eigenvalue weighted by Gasteiger charge is 2.04. The van der Waals surface area contributed by atoms with Gasteiger partial charge in [-0.1, -0.05) is 48.5 Å². The van der Waals surface area contributed by atoms with E-state index in [1.165, 1.54) is 19.8 Å². The normalized spacial score (nSPS) is 9.97. The highest BCUT2D eigenvalue weighted by atomic mass is 16.5. The van der Waals surface area contributed by atoms with Gasteiger partial charge in [0.15, 0.2) is 0 Å². The number of benzene rings is 2. The molecule has 2 aromatic carbocycles. The summed E-state index contributed by atoms with van der Waals surface area (Å²) >= 11 is 0. The number of esters is 2. The van der Waals surface area contributed by atoms with Crippen LogP contribution in [0.2, 0.25) is 0 Å². The summed E-state index contributed by atoms with van der Waals surface area (Å²) in [5.41, 5.74) is 4.29. The number of aryl methyl sites for hydroxylation is 2. The van der Waals surface area contributed by atoms with E-state index in [0.717, 1.165) is 55.1 Å². The monoisotopic (exact) mass is 442 g/mol. The van der Waals surface area contributed by atoms with Crippen LogP contribution in [0.1, 0.15) is 47.9 Å². The minimum absolute atomic E-state index is 0.215. The lowest BCUT2D eigenvalue weighted by molar-refractivity contribution is -0.140. The standard InChI is InChI=1S/C13H18O3.C13H16O3/c2*1-16-13(15)10-12-7-4-6-11(9-12)5-2-3-8-14/h4,6-7,9,14H,2-3,5,8,10H2,1H3;4,6-9H,2-3,5,10H2,1H3. The van der Waals surface area contributed by atoms with Crippen molar-refractivity contribution in [2.75, 3.05) is 20.8 Å². The van der Waals surface area contributed by atoms with Gasteiger partial charge < -0.3 is 19.4 Å². The summed E-state index contributed by atoms with van der Waals surface area (Å²) in [7, 11) is 2.78. The molecule has 0 aliphatic carbocycles. The van der Waals surface area contributed by atoms with Crippen molar-refractivity contribution < 1.29 is 29.0 Å². The number of carbonyl (C=O) groups is 3. The van der Waals surface area contributed by atoms with Crippen molar-refractivity contribution in [1.82, 2.24) is 0 Å². The third-order valence-electron chi connectivity index (χ3n) is 4.80. The predicted octanol–water partition coefficient (Wildman–Crippen LogP) is 3.64. The van der Waals surface area contributed by atoms with Gasteiger partial charge in [-0.25, -0.2) is 0 Å². The van der Waals surface area contributed by atoms with Crippen molar-refractivity contribution in [3.8, 4) is 0 Å². The number of aldehydes is 1. The van der Waals surface area contributed by atoms with Crippen LogP contribution in [0.5, 0.6) is 0 Å². The number of ether oxygens (including phenoxy) is 2. The van der Waals surface area contributed by atoms with E-state index >= 15 is 0 Å². The molecule has 2 aromatic rings. The second-order valence-corrected chi connectivity index (χ2v) is 7.39. The fraction of sp³-hybridized carbons (Fsp3) is 0.423. The average molecular weight is 443 g/mol. The van der Waals surface area contributed by atoms with Crippen molar-refractivity contribution in [3.05, 3.63) is 70.8 Å². The Balaban J connectivity index is 0.000000320. The van der Waals surface area contributed by atoms with Gasteiger partial charge in [-0.2, -0.15) is 0 Å². The summed E-state index contributed by atoms with van der Waals surface area (Å²) in [5, 5.41) is 8.69. The van der Waals surface area contributed by atoms with Crippen LogP contribution in [-0.4, -0.2) is 44.2 Å². The second-order valence-electron chi connectivity index (χ2n) is 7.39. The van der Waals surface area contributed by atoms with E-state index < -0.39 is 0 Å². The van der Waals surface area contributed by atoms with E-state index in [9.17, 15) is 14.4 Å². The molecule has 0 bridgehead atoms. The zero-order valence-corrected chi connectivity index (χ0v) is 19.0. The highest BCUT2D eigenvalue weighted by molar-refractivity contribution is 5.72. The molecule has 32 heavy (non-hydrogen) atoms. The van der Waals surface area contributed by atoms with Crippen molar-refractivity contribution in [3.63, 3.8) is 0 Å². The summed E-state index contributed by atoms with van der Waals surface area (Å²) in [6, 6.07) is 15.8. The summed E-state index contributed by atoms with van der Waals surface area (Å²) in [6.07, 6.45) is 6.59. The molecule has 0 aliphatic rings. The van der Waals surface area contributed by atoms with Gasteiger partial charge in [0.05, 0.1) is 27.1 Å². The Kier molecular flexibility index (Phi) is 14.1. The molecule has 0 saturated carbocycles. The maximum atomic E-state index is 11.1. The first-order valence-corrected chi connectivity index (χ1v) is 10.9. The van der Waals surface area contributed by atoms with Gasteiger partial charge in [0, 0.05) is 13.0 Å². The molecule has 0 atom stereocenters. The largest absolute Gasteiger partial charge is 0.469 e. The second kappa shape index (κ2) is 16.7. The smallest absolute Gasteiger partial charge is 0.309 e. The van der Waals surface area contributed by atoms with Crippen LogP contribution in [0.25, 0.3) is 0 Å². The molecular weight excluding hydrogens is 408 g/mol. The Labute approximate surface area is 190 Å². The van der Waals surface area contributed by atoms with Gasteiger partial charge in [0.1, 0.15) is 6.29 Å². The zero-order valence-electron chi connectivity index (χ0n) is 19.0. The molecule has 0 saturated heterocycles. The van der Waals surface area contributed by atoms with E-state index in [1.807, 2.05) is 48.5 Å². The third kappa shape index (κ3) is 12.0. The lowest BCUT2D eigenvalue weighted by atomic mass is 10.0. The molecule has 6 nitrogen and oxygen atoms in total. The Morgan fingerprint density at radius 1 is 0.781 bits per heavy atom. The van der Waals surface area contributed by atoms with Crippen LogP contribution >= 0.6 is 0 Å². The van der Waals surface area contributed by atoms with E-state index in [2.05, 4.69) is 9.47 Å². The molecule has 1 N–H and O–H groups in total. The van der Waals surface area contributed by atoms with Crippen LogP contribution in [0, 0.1) is 0 Å². The summed E-state index contributed by atoms with van der Waals surface area (Å²) in [4.78, 5) is 32.4. The number of hydrogen-bond donors (Lipinski definition) is 1. The van der Waals surface area contributed by atoms with Crippen molar-refractivity contribution in [2.24, 2.45) is 0 Å². The average Bonchev–Trinajstić information content (AvgIpc) is 2.80. The first-order chi connectivity index (χ1) is 15.5. The first-order valence-electron chi connectivity index (χ1n) is 10.9. The lowest BCUT2D eigenvalue weighted by Gasteiger charge is -2.04. The van der Waals surface area contributed by atoms with Crippen LogP contribution in [0.15, 0.2) is 48.5 Å². The molecule has 174 valence electrons. The van der Waals surface area contributed by atoms with Gasteiger partial charge in [0.25, 0.3) is 0 Å². The Morgan fingerprint density at radius 3 is 1.69 bits per heavy atom. The molecule has 0 radical (unpaired) electrons. The number of hydrogen-bond acceptors (Lipinski definition) is 6. The topological polar surface area (TPSA) is 89.9 Å². The fourth-order valence-corrected chi connectivity index (χ4v) is 3.10. The Hall–Kier alpha value is -2.99. The number of unbranched alkanes of at least 4 members (excludes halogenated alkanes) is 2. The van der Waals surface area contributed by atoms with Gasteiger partial charge >= 0.3 is 11.9 Å². The fourth-order valence-electron chi connectivity index (χ4n) is 3.10. The number of rotatable bonds is 12. The van der Waals surface area contributed by atoms with Gasteiger partial charge in [-0.3, -0.25) is 9.59 Å². The van der Waals surface area contributed by atoms with E-state index in [1.54, 1.807) is 0 Å². The lowest BCUT2D eigenvalue weighted by Crippen LogP contribution is -2.04. The summed E-state index contributed by atoms with van der Waals surface area (Å²) in [6.45, 7) is 0.238. The quantitative estimate of drug-likeness (QED) is 0.307. The molecule has 2 rings (SSSR count). The molecular formula is C26H34O6. The van der Waals surface area contributed by atoms with E-state index in [0.29, 0.717) is 19.3 Å². The zero-order chi connectivity index (χ0) is 23.6. The predicted molar refractivity (Wildman–Crippen MR) is 123 cm³/mol. The van der Waals surface area contributed by atoms with Crippen molar-refractivity contribution >= 4 is 18.2 Å². The summed E-state index contributed by atoms with van der Waals surface area (Å²) in [5.74, 6) is -0.447. The summed E-state index contributed by atoms with van der Waals surface area (Å²) < 4.78 is 9.23.